The first-order chi connectivity index (χ1) is 11.5. The molecule has 5 nitrogen and oxygen atoms in total. The van der Waals surface area contributed by atoms with Crippen molar-refractivity contribution < 1.29 is 18.7 Å². The van der Waals surface area contributed by atoms with Gasteiger partial charge in [0.05, 0.1) is 18.7 Å². The Balaban J connectivity index is 1.73. The fraction of sp³-hybridized carbons (Fsp3) is 0.222. The van der Waals surface area contributed by atoms with Gasteiger partial charge in [0, 0.05) is 19.2 Å². The van der Waals surface area contributed by atoms with E-state index in [2.05, 4.69) is 5.32 Å². The molecule has 1 aliphatic heterocycles. The lowest BCUT2D eigenvalue weighted by Gasteiger charge is -2.17. The van der Waals surface area contributed by atoms with E-state index in [-0.39, 0.29) is 23.9 Å². The second kappa shape index (κ2) is 6.70. The molecule has 2 aromatic carbocycles. The first-order valence-corrected chi connectivity index (χ1v) is 7.60. The van der Waals surface area contributed by atoms with E-state index < -0.39 is 5.82 Å². The molecule has 0 aliphatic carbocycles. The molecule has 3 rings (SSSR count). The average Bonchev–Trinajstić information content (AvgIpc) is 2.72. The van der Waals surface area contributed by atoms with E-state index >= 15 is 0 Å². The summed E-state index contributed by atoms with van der Waals surface area (Å²) in [6, 6.07) is 10.9. The van der Waals surface area contributed by atoms with Gasteiger partial charge in [0.25, 0.3) is 5.91 Å². The van der Waals surface area contributed by atoms with E-state index in [9.17, 15) is 14.0 Å². The van der Waals surface area contributed by atoms with Crippen molar-refractivity contribution in [2.24, 2.45) is 0 Å². The average molecular weight is 328 g/mol. The van der Waals surface area contributed by atoms with Crippen LogP contribution in [0.4, 0.5) is 10.1 Å². The van der Waals surface area contributed by atoms with Gasteiger partial charge < -0.3 is 15.0 Å². The van der Waals surface area contributed by atoms with E-state index in [1.165, 1.54) is 18.2 Å². The van der Waals surface area contributed by atoms with E-state index in [0.717, 1.165) is 5.56 Å². The first-order valence-electron chi connectivity index (χ1n) is 7.60. The van der Waals surface area contributed by atoms with Crippen LogP contribution in [0, 0.1) is 5.82 Å². The SMILES string of the molecule is CN1C(=O)CCOc2ccc(CNC(=O)c3cccc(F)c3)cc21. The van der Waals surface area contributed by atoms with Crippen LogP contribution in [0.15, 0.2) is 42.5 Å². The van der Waals surface area contributed by atoms with Crippen molar-refractivity contribution in [3.63, 3.8) is 0 Å². The molecule has 0 radical (unpaired) electrons. The van der Waals surface area contributed by atoms with Crippen LogP contribution in [-0.4, -0.2) is 25.5 Å². The largest absolute Gasteiger partial charge is 0.491 e. The van der Waals surface area contributed by atoms with Gasteiger partial charge in [-0.25, -0.2) is 4.39 Å². The molecule has 6 heteroatoms. The standard InChI is InChI=1S/C18H17FN2O3/c1-21-15-9-12(5-6-16(15)24-8-7-17(21)22)11-20-18(23)13-3-2-4-14(19)10-13/h2-6,9-10H,7-8,11H2,1H3,(H,20,23). The number of hydrogen-bond acceptors (Lipinski definition) is 3. The molecule has 0 fully saturated rings. The number of amides is 2. The number of ether oxygens (including phenoxy) is 1. The number of rotatable bonds is 3. The van der Waals surface area contributed by atoms with Crippen LogP contribution < -0.4 is 15.0 Å². The van der Waals surface area contributed by atoms with Crippen molar-refractivity contribution in [1.29, 1.82) is 0 Å². The molecule has 1 heterocycles. The minimum absolute atomic E-state index is 0.0188. The Bertz CT molecular complexity index is 792. The van der Waals surface area contributed by atoms with Gasteiger partial charge in [-0.3, -0.25) is 9.59 Å². The van der Waals surface area contributed by atoms with Gasteiger partial charge in [0.15, 0.2) is 0 Å². The molecular weight excluding hydrogens is 311 g/mol. The maximum Gasteiger partial charge on any atom is 0.251 e. The molecule has 24 heavy (non-hydrogen) atoms. The zero-order chi connectivity index (χ0) is 17.1. The third kappa shape index (κ3) is 3.37. The van der Waals surface area contributed by atoms with Crippen molar-refractivity contribution in [3.8, 4) is 5.75 Å². The first kappa shape index (κ1) is 16.0. The molecule has 0 bridgehead atoms. The number of carbonyl (C=O) groups excluding carboxylic acids is 2. The maximum atomic E-state index is 13.2. The van der Waals surface area contributed by atoms with Crippen LogP contribution >= 0.6 is 0 Å². The van der Waals surface area contributed by atoms with Gasteiger partial charge >= 0.3 is 0 Å². The van der Waals surface area contributed by atoms with Crippen LogP contribution in [0.25, 0.3) is 0 Å². The van der Waals surface area contributed by atoms with Crippen LogP contribution in [-0.2, 0) is 11.3 Å². The highest BCUT2D eigenvalue weighted by atomic mass is 19.1. The Hall–Kier alpha value is -2.89. The molecule has 0 aromatic heterocycles. The summed E-state index contributed by atoms with van der Waals surface area (Å²) >= 11 is 0. The minimum atomic E-state index is -0.454. The number of nitrogens with zero attached hydrogens (tertiary/aromatic N) is 1. The summed E-state index contributed by atoms with van der Waals surface area (Å²) in [5.74, 6) is -0.187. The molecule has 0 unspecified atom stereocenters. The van der Waals surface area contributed by atoms with Crippen LogP contribution in [0.3, 0.4) is 0 Å². The minimum Gasteiger partial charge on any atom is -0.491 e. The summed E-state index contributed by atoms with van der Waals surface area (Å²) in [6.45, 7) is 0.622. The Labute approximate surface area is 139 Å². The molecule has 2 aromatic rings. The number of nitrogens with one attached hydrogen (secondary N) is 1. The number of halogens is 1. The Kier molecular flexibility index (Phi) is 4.46. The fourth-order valence-corrected chi connectivity index (χ4v) is 2.52. The second-order valence-electron chi connectivity index (χ2n) is 5.55. The fourth-order valence-electron chi connectivity index (χ4n) is 2.52. The normalized spacial score (nSPS) is 13.8. The molecule has 0 saturated heterocycles. The Morgan fingerprint density at radius 2 is 2.12 bits per heavy atom. The second-order valence-corrected chi connectivity index (χ2v) is 5.55. The highest BCUT2D eigenvalue weighted by molar-refractivity contribution is 5.95. The lowest BCUT2D eigenvalue weighted by molar-refractivity contribution is -0.118. The topological polar surface area (TPSA) is 58.6 Å². The quantitative estimate of drug-likeness (QED) is 0.942. The Morgan fingerprint density at radius 3 is 2.92 bits per heavy atom. The molecule has 1 N–H and O–H groups in total. The third-order valence-electron chi connectivity index (χ3n) is 3.87. The van der Waals surface area contributed by atoms with Crippen LogP contribution in [0.5, 0.6) is 5.75 Å². The molecule has 2 amide bonds. The summed E-state index contributed by atoms with van der Waals surface area (Å²) in [5.41, 5.74) is 1.76. The number of benzene rings is 2. The highest BCUT2D eigenvalue weighted by Crippen LogP contribution is 2.31. The van der Waals surface area contributed by atoms with Crippen LogP contribution in [0.1, 0.15) is 22.3 Å². The van der Waals surface area contributed by atoms with Crippen molar-refractivity contribution in [3.05, 3.63) is 59.4 Å². The summed E-state index contributed by atoms with van der Waals surface area (Å²) in [6.07, 6.45) is 0.330. The lowest BCUT2D eigenvalue weighted by Crippen LogP contribution is -2.26. The lowest BCUT2D eigenvalue weighted by atomic mass is 10.1. The van der Waals surface area contributed by atoms with Crippen LogP contribution in [0.2, 0.25) is 0 Å². The zero-order valence-electron chi connectivity index (χ0n) is 13.2. The number of carbonyl (C=O) groups is 2. The van der Waals surface area contributed by atoms with Crippen molar-refractivity contribution >= 4 is 17.5 Å². The molecule has 0 saturated carbocycles. The number of hydrogen-bond donors (Lipinski definition) is 1. The van der Waals surface area contributed by atoms with E-state index in [4.69, 9.17) is 4.74 Å². The summed E-state index contributed by atoms with van der Waals surface area (Å²) < 4.78 is 18.7. The predicted octanol–water partition coefficient (Wildman–Crippen LogP) is 2.50. The monoisotopic (exact) mass is 328 g/mol. The van der Waals surface area contributed by atoms with Crippen molar-refractivity contribution in [1.82, 2.24) is 5.32 Å². The third-order valence-corrected chi connectivity index (χ3v) is 3.87. The summed E-state index contributed by atoms with van der Waals surface area (Å²) in [5, 5.41) is 2.74. The Morgan fingerprint density at radius 1 is 1.29 bits per heavy atom. The maximum absolute atomic E-state index is 13.2. The summed E-state index contributed by atoms with van der Waals surface area (Å²) in [4.78, 5) is 25.5. The zero-order valence-corrected chi connectivity index (χ0v) is 13.2. The molecule has 0 spiro atoms. The van der Waals surface area contributed by atoms with Gasteiger partial charge in [-0.05, 0) is 35.9 Å². The van der Waals surface area contributed by atoms with E-state index in [1.807, 2.05) is 12.1 Å². The molecule has 0 atom stereocenters. The highest BCUT2D eigenvalue weighted by Gasteiger charge is 2.20. The van der Waals surface area contributed by atoms with Crippen molar-refractivity contribution in [2.45, 2.75) is 13.0 Å². The van der Waals surface area contributed by atoms with Gasteiger partial charge in [-0.15, -0.1) is 0 Å². The van der Waals surface area contributed by atoms with Gasteiger partial charge in [-0.2, -0.15) is 0 Å². The molecular formula is C18H17FN2O3. The molecule has 1 aliphatic rings. The van der Waals surface area contributed by atoms with E-state index in [1.54, 1.807) is 24.1 Å². The smallest absolute Gasteiger partial charge is 0.251 e. The van der Waals surface area contributed by atoms with Gasteiger partial charge in [0.2, 0.25) is 5.91 Å². The van der Waals surface area contributed by atoms with Gasteiger partial charge in [-0.1, -0.05) is 12.1 Å². The number of fused-ring (bicyclic) bond motifs is 1. The summed E-state index contributed by atoms with van der Waals surface area (Å²) in [7, 11) is 1.70. The predicted molar refractivity (Wildman–Crippen MR) is 87.5 cm³/mol. The molecule has 124 valence electrons. The van der Waals surface area contributed by atoms with Gasteiger partial charge in [0.1, 0.15) is 11.6 Å². The van der Waals surface area contributed by atoms with E-state index in [0.29, 0.717) is 24.5 Å². The van der Waals surface area contributed by atoms with Crippen molar-refractivity contribution in [2.75, 3.05) is 18.6 Å². The number of anilines is 1.